The van der Waals surface area contributed by atoms with Gasteiger partial charge in [0.25, 0.3) is 0 Å². The highest BCUT2D eigenvalue weighted by molar-refractivity contribution is 5.44. The van der Waals surface area contributed by atoms with E-state index in [1.807, 2.05) is 20.0 Å². The molecule has 0 saturated carbocycles. The molecule has 1 aliphatic rings. The molecule has 0 spiro atoms. The fourth-order valence-electron chi connectivity index (χ4n) is 2.92. The molecule has 0 saturated heterocycles. The molecule has 0 unspecified atom stereocenters. The Balaban J connectivity index is 1.76. The van der Waals surface area contributed by atoms with Crippen molar-refractivity contribution in [3.63, 3.8) is 0 Å². The molecule has 0 N–H and O–H groups in total. The Labute approximate surface area is 136 Å². The lowest BCUT2D eigenvalue weighted by Gasteiger charge is -2.21. The Morgan fingerprint density at radius 2 is 2.04 bits per heavy atom. The average Bonchev–Trinajstić information content (AvgIpc) is 3.10. The monoisotopic (exact) mass is 317 g/mol. The van der Waals surface area contributed by atoms with Crippen LogP contribution < -0.4 is 14.2 Å². The number of fused-ring (bicyclic) bond motifs is 1. The maximum absolute atomic E-state index is 5.49. The van der Waals surface area contributed by atoms with Crippen molar-refractivity contribution in [3.05, 3.63) is 35.0 Å². The number of rotatable bonds is 6. The summed E-state index contributed by atoms with van der Waals surface area (Å²) in [6.45, 7) is 7.06. The van der Waals surface area contributed by atoms with E-state index in [1.54, 1.807) is 11.8 Å². The Morgan fingerprint density at radius 3 is 2.78 bits per heavy atom. The molecule has 6 nitrogen and oxygen atoms in total. The predicted octanol–water partition coefficient (Wildman–Crippen LogP) is 2.49. The molecule has 23 heavy (non-hydrogen) atoms. The topological polar surface area (TPSA) is 48.8 Å². The van der Waals surface area contributed by atoms with E-state index in [1.165, 1.54) is 5.56 Å². The van der Waals surface area contributed by atoms with E-state index >= 15 is 0 Å². The van der Waals surface area contributed by atoms with Crippen molar-refractivity contribution in [2.45, 2.75) is 26.9 Å². The molecule has 0 radical (unpaired) electrons. The van der Waals surface area contributed by atoms with E-state index in [0.717, 1.165) is 48.3 Å². The molecule has 3 rings (SSSR count). The maximum Gasteiger partial charge on any atom is 0.231 e. The van der Waals surface area contributed by atoms with Crippen LogP contribution in [0.5, 0.6) is 17.4 Å². The van der Waals surface area contributed by atoms with Gasteiger partial charge in [0.1, 0.15) is 0 Å². The van der Waals surface area contributed by atoms with E-state index in [0.29, 0.717) is 6.79 Å². The van der Waals surface area contributed by atoms with Gasteiger partial charge in [0.05, 0.1) is 18.4 Å². The first-order chi connectivity index (χ1) is 11.1. The summed E-state index contributed by atoms with van der Waals surface area (Å²) in [5, 5.41) is 4.45. The Hall–Kier alpha value is -2.21. The predicted molar refractivity (Wildman–Crippen MR) is 86.9 cm³/mol. The van der Waals surface area contributed by atoms with Gasteiger partial charge in [-0.15, -0.1) is 0 Å². The third-order valence-electron chi connectivity index (χ3n) is 4.15. The second-order valence-electron chi connectivity index (χ2n) is 5.69. The van der Waals surface area contributed by atoms with Crippen LogP contribution >= 0.6 is 0 Å². The number of nitrogens with zero attached hydrogens (tertiary/aromatic N) is 3. The number of hydrogen-bond donors (Lipinski definition) is 0. The van der Waals surface area contributed by atoms with Crippen LogP contribution in [0.4, 0.5) is 0 Å². The van der Waals surface area contributed by atoms with Crippen molar-refractivity contribution in [2.24, 2.45) is 7.05 Å². The zero-order chi connectivity index (χ0) is 16.4. The van der Waals surface area contributed by atoms with Gasteiger partial charge in [0.15, 0.2) is 11.5 Å². The van der Waals surface area contributed by atoms with Crippen molar-refractivity contribution in [1.82, 2.24) is 14.7 Å². The van der Waals surface area contributed by atoms with Crippen LogP contribution in [0.1, 0.15) is 23.7 Å². The standard InChI is InChI=1S/C17H23N3O3/c1-5-20(10-14-12(2)18-19(3)17(14)21-4)9-13-6-7-15-16(8-13)23-11-22-15/h6-8H,5,9-11H2,1-4H3. The van der Waals surface area contributed by atoms with Crippen molar-refractivity contribution in [1.29, 1.82) is 0 Å². The first-order valence-electron chi connectivity index (χ1n) is 7.79. The Kier molecular flexibility index (Phi) is 4.43. The molecule has 1 aromatic carbocycles. The van der Waals surface area contributed by atoms with Crippen LogP contribution in [0, 0.1) is 6.92 Å². The summed E-state index contributed by atoms with van der Waals surface area (Å²) in [5.74, 6) is 2.47. The maximum atomic E-state index is 5.49. The molecular weight excluding hydrogens is 294 g/mol. The van der Waals surface area contributed by atoms with E-state index < -0.39 is 0 Å². The van der Waals surface area contributed by atoms with Crippen LogP contribution in [0.3, 0.4) is 0 Å². The van der Waals surface area contributed by atoms with Gasteiger partial charge in [-0.1, -0.05) is 13.0 Å². The van der Waals surface area contributed by atoms with Crippen LogP contribution in [0.15, 0.2) is 18.2 Å². The highest BCUT2D eigenvalue weighted by Gasteiger charge is 2.18. The molecule has 1 aliphatic heterocycles. The Bertz CT molecular complexity index is 697. The molecule has 124 valence electrons. The summed E-state index contributed by atoms with van der Waals surface area (Å²) in [4.78, 5) is 2.35. The van der Waals surface area contributed by atoms with Gasteiger partial charge in [0, 0.05) is 20.1 Å². The fraction of sp³-hybridized carbons (Fsp3) is 0.471. The van der Waals surface area contributed by atoms with Gasteiger partial charge in [-0.05, 0) is 31.2 Å². The minimum absolute atomic E-state index is 0.308. The van der Waals surface area contributed by atoms with E-state index in [9.17, 15) is 0 Å². The zero-order valence-electron chi connectivity index (χ0n) is 14.1. The van der Waals surface area contributed by atoms with Gasteiger partial charge in [0.2, 0.25) is 12.7 Å². The van der Waals surface area contributed by atoms with Crippen molar-refractivity contribution in [2.75, 3.05) is 20.4 Å². The molecule has 6 heteroatoms. The molecule has 0 atom stereocenters. The molecular formula is C17H23N3O3. The van der Waals surface area contributed by atoms with Gasteiger partial charge in [-0.25, -0.2) is 4.68 Å². The number of hydrogen-bond acceptors (Lipinski definition) is 5. The molecule has 0 aliphatic carbocycles. The largest absolute Gasteiger partial charge is 0.481 e. The third kappa shape index (κ3) is 3.12. The van der Waals surface area contributed by atoms with Crippen LogP contribution in [-0.4, -0.2) is 35.1 Å². The van der Waals surface area contributed by atoms with Gasteiger partial charge < -0.3 is 14.2 Å². The first-order valence-corrected chi connectivity index (χ1v) is 7.79. The zero-order valence-corrected chi connectivity index (χ0v) is 14.1. The number of aryl methyl sites for hydroxylation is 2. The summed E-state index contributed by atoms with van der Waals surface area (Å²) in [6.07, 6.45) is 0. The summed E-state index contributed by atoms with van der Waals surface area (Å²) < 4.78 is 18.1. The minimum Gasteiger partial charge on any atom is -0.481 e. The number of benzene rings is 1. The van der Waals surface area contributed by atoms with Crippen LogP contribution in [0.25, 0.3) is 0 Å². The summed E-state index contributed by atoms with van der Waals surface area (Å²) in [5.41, 5.74) is 3.35. The van der Waals surface area contributed by atoms with Gasteiger partial charge >= 0.3 is 0 Å². The lowest BCUT2D eigenvalue weighted by Crippen LogP contribution is -2.22. The van der Waals surface area contributed by atoms with Crippen molar-refractivity contribution < 1.29 is 14.2 Å². The van der Waals surface area contributed by atoms with Gasteiger partial charge in [-0.3, -0.25) is 4.90 Å². The fourth-order valence-corrected chi connectivity index (χ4v) is 2.92. The lowest BCUT2D eigenvalue weighted by atomic mass is 10.1. The van der Waals surface area contributed by atoms with E-state index in [-0.39, 0.29) is 0 Å². The third-order valence-corrected chi connectivity index (χ3v) is 4.15. The lowest BCUT2D eigenvalue weighted by molar-refractivity contribution is 0.174. The second-order valence-corrected chi connectivity index (χ2v) is 5.69. The van der Waals surface area contributed by atoms with E-state index in [4.69, 9.17) is 14.2 Å². The summed E-state index contributed by atoms with van der Waals surface area (Å²) in [6, 6.07) is 6.11. The molecule has 2 heterocycles. The minimum atomic E-state index is 0.308. The van der Waals surface area contributed by atoms with Gasteiger partial charge in [-0.2, -0.15) is 5.10 Å². The molecule has 0 bridgehead atoms. The second kappa shape index (κ2) is 6.50. The van der Waals surface area contributed by atoms with E-state index in [2.05, 4.69) is 29.1 Å². The van der Waals surface area contributed by atoms with Crippen LogP contribution in [0.2, 0.25) is 0 Å². The summed E-state index contributed by atoms with van der Waals surface area (Å²) >= 11 is 0. The molecule has 1 aromatic heterocycles. The summed E-state index contributed by atoms with van der Waals surface area (Å²) in [7, 11) is 3.59. The molecule has 0 amide bonds. The first kappa shape index (κ1) is 15.7. The quantitative estimate of drug-likeness (QED) is 0.819. The normalized spacial score (nSPS) is 12.9. The number of aromatic nitrogens is 2. The van der Waals surface area contributed by atoms with Crippen LogP contribution in [-0.2, 0) is 20.1 Å². The highest BCUT2D eigenvalue weighted by atomic mass is 16.7. The number of methoxy groups -OCH3 is 1. The highest BCUT2D eigenvalue weighted by Crippen LogP contribution is 2.33. The smallest absolute Gasteiger partial charge is 0.231 e. The number of ether oxygens (including phenoxy) is 3. The van der Waals surface area contributed by atoms with Crippen molar-refractivity contribution >= 4 is 0 Å². The SMILES string of the molecule is CCN(Cc1ccc2c(c1)OCO2)Cc1c(C)nn(C)c1OC. The Morgan fingerprint density at radius 1 is 1.26 bits per heavy atom. The molecule has 2 aromatic rings. The van der Waals surface area contributed by atoms with Crippen molar-refractivity contribution in [3.8, 4) is 17.4 Å². The average molecular weight is 317 g/mol. The molecule has 0 fully saturated rings.